The fourth-order valence-electron chi connectivity index (χ4n) is 3.53. The highest BCUT2D eigenvalue weighted by Crippen LogP contribution is 2.30. The first-order valence-corrected chi connectivity index (χ1v) is 10.5. The van der Waals surface area contributed by atoms with Crippen LogP contribution in [-0.4, -0.2) is 31.1 Å². The summed E-state index contributed by atoms with van der Waals surface area (Å²) >= 11 is 0. The molecule has 7 heteroatoms. The van der Waals surface area contributed by atoms with E-state index in [0.717, 1.165) is 39.1 Å². The van der Waals surface area contributed by atoms with E-state index in [1.54, 1.807) is 18.5 Å². The molecule has 4 rings (SSSR count). The highest BCUT2D eigenvalue weighted by Gasteiger charge is 2.15. The number of carbonyl (C=O) groups is 1. The molecule has 0 aliphatic rings. The van der Waals surface area contributed by atoms with Gasteiger partial charge in [0.05, 0.1) is 23.1 Å². The number of aromatic nitrogens is 5. The zero-order chi connectivity index (χ0) is 22.7. The molecule has 0 spiro atoms. The van der Waals surface area contributed by atoms with Gasteiger partial charge in [-0.3, -0.25) is 14.9 Å². The summed E-state index contributed by atoms with van der Waals surface area (Å²) in [7, 11) is 0. The van der Waals surface area contributed by atoms with Crippen LogP contribution in [-0.2, 0) is 4.79 Å². The largest absolute Gasteiger partial charge is 0.340 e. The number of imidazole rings is 1. The van der Waals surface area contributed by atoms with Gasteiger partial charge in [-0.05, 0) is 42.7 Å². The quantitative estimate of drug-likeness (QED) is 0.339. The van der Waals surface area contributed by atoms with Crippen molar-refractivity contribution in [2.45, 2.75) is 27.2 Å². The Bertz CT molecular complexity index is 1310. The Morgan fingerprint density at radius 3 is 2.84 bits per heavy atom. The third kappa shape index (κ3) is 4.51. The summed E-state index contributed by atoms with van der Waals surface area (Å²) in [6.45, 7) is 9.72. The van der Waals surface area contributed by atoms with Crippen LogP contribution in [0.1, 0.15) is 31.7 Å². The number of benzene rings is 1. The number of fused-ring (bicyclic) bond motifs is 1. The second-order valence-corrected chi connectivity index (χ2v) is 8.13. The Kier molecular flexibility index (Phi) is 5.98. The minimum Gasteiger partial charge on any atom is -0.340 e. The molecule has 0 saturated heterocycles. The van der Waals surface area contributed by atoms with Crippen LogP contribution in [0.25, 0.3) is 39.6 Å². The molecule has 3 heterocycles. The number of H-pyrrole nitrogens is 2. The summed E-state index contributed by atoms with van der Waals surface area (Å²) in [6, 6.07) is 7.98. The van der Waals surface area contributed by atoms with Crippen LogP contribution in [0.15, 0.2) is 55.4 Å². The van der Waals surface area contributed by atoms with Crippen LogP contribution in [0.5, 0.6) is 0 Å². The van der Waals surface area contributed by atoms with Gasteiger partial charge in [-0.25, -0.2) is 4.98 Å². The van der Waals surface area contributed by atoms with Gasteiger partial charge in [-0.1, -0.05) is 38.6 Å². The fraction of sp³-hybridized carbons (Fsp3) is 0.200. The van der Waals surface area contributed by atoms with Crippen molar-refractivity contribution in [2.75, 3.05) is 5.32 Å². The van der Waals surface area contributed by atoms with Crippen molar-refractivity contribution in [1.29, 1.82) is 0 Å². The molecule has 0 aliphatic heterocycles. The fourth-order valence-corrected chi connectivity index (χ4v) is 3.53. The molecule has 0 bridgehead atoms. The number of aromatic amines is 2. The molecule has 0 radical (unpaired) electrons. The van der Waals surface area contributed by atoms with Crippen molar-refractivity contribution in [3.63, 3.8) is 0 Å². The summed E-state index contributed by atoms with van der Waals surface area (Å²) < 4.78 is 0. The number of hydrogen-bond acceptors (Lipinski definition) is 4. The molecule has 0 unspecified atom stereocenters. The van der Waals surface area contributed by atoms with Crippen molar-refractivity contribution in [2.24, 2.45) is 5.92 Å². The molecule has 1 aromatic carbocycles. The van der Waals surface area contributed by atoms with E-state index in [4.69, 9.17) is 0 Å². The van der Waals surface area contributed by atoms with E-state index in [9.17, 15) is 4.79 Å². The normalized spacial score (nSPS) is 11.5. The van der Waals surface area contributed by atoms with Crippen LogP contribution in [0, 0.1) is 12.8 Å². The number of pyridine rings is 1. The van der Waals surface area contributed by atoms with E-state index in [1.165, 1.54) is 0 Å². The van der Waals surface area contributed by atoms with E-state index in [0.29, 0.717) is 23.9 Å². The molecule has 7 nitrogen and oxygen atoms in total. The van der Waals surface area contributed by atoms with Gasteiger partial charge >= 0.3 is 0 Å². The summed E-state index contributed by atoms with van der Waals surface area (Å²) in [6.07, 6.45) is 9.40. The van der Waals surface area contributed by atoms with Gasteiger partial charge in [0.25, 0.3) is 0 Å². The number of allylic oxidation sites excluding steroid dienone is 2. The molecular weight excluding hydrogens is 400 g/mol. The van der Waals surface area contributed by atoms with Gasteiger partial charge in [-0.15, -0.1) is 0 Å². The molecular formula is C25H26N6O. The van der Waals surface area contributed by atoms with Crippen molar-refractivity contribution in [1.82, 2.24) is 25.1 Å². The number of amides is 1. The minimum absolute atomic E-state index is 0.0129. The molecule has 0 saturated carbocycles. The lowest BCUT2D eigenvalue weighted by atomic mass is 10.0. The number of nitrogens with zero attached hydrogens (tertiary/aromatic N) is 3. The van der Waals surface area contributed by atoms with Gasteiger partial charge in [-0.2, -0.15) is 5.10 Å². The van der Waals surface area contributed by atoms with Gasteiger partial charge in [0.2, 0.25) is 5.91 Å². The van der Waals surface area contributed by atoms with E-state index < -0.39 is 0 Å². The van der Waals surface area contributed by atoms with Crippen molar-refractivity contribution in [3.05, 3.63) is 66.8 Å². The zero-order valence-corrected chi connectivity index (χ0v) is 18.4. The van der Waals surface area contributed by atoms with E-state index in [-0.39, 0.29) is 5.91 Å². The standard InChI is InChI=1S/C25H26N6O/c1-5-6-7-21-16(4)27-25(29-21)24-20-12-17(8-9-22(20)30-31-24)18-11-19(14-26-13-18)28-23(32)10-15(2)3/h5-9,11-15H,1,10H2,2-4H3,(H,27,29)(H,28,32)(H,30,31)/b7-6-. The number of aryl methyl sites for hydroxylation is 1. The van der Waals surface area contributed by atoms with Crippen LogP contribution in [0.2, 0.25) is 0 Å². The van der Waals surface area contributed by atoms with Gasteiger partial charge in [0.15, 0.2) is 5.82 Å². The van der Waals surface area contributed by atoms with E-state index in [2.05, 4.69) is 43.1 Å². The average Bonchev–Trinajstić information content (AvgIpc) is 3.34. The highest BCUT2D eigenvalue weighted by atomic mass is 16.1. The summed E-state index contributed by atoms with van der Waals surface area (Å²) in [5.74, 6) is 0.981. The first kappa shape index (κ1) is 21.2. The molecule has 162 valence electrons. The van der Waals surface area contributed by atoms with Crippen molar-refractivity contribution >= 4 is 28.6 Å². The Morgan fingerprint density at radius 2 is 2.06 bits per heavy atom. The average molecular weight is 427 g/mol. The number of rotatable bonds is 7. The molecule has 1 amide bonds. The maximum absolute atomic E-state index is 12.1. The first-order chi connectivity index (χ1) is 15.4. The summed E-state index contributed by atoms with van der Waals surface area (Å²) in [5, 5.41) is 11.4. The second kappa shape index (κ2) is 9.01. The number of nitrogens with one attached hydrogen (secondary N) is 3. The van der Waals surface area contributed by atoms with Crippen LogP contribution < -0.4 is 5.32 Å². The third-order valence-corrected chi connectivity index (χ3v) is 5.05. The first-order valence-electron chi connectivity index (χ1n) is 10.5. The predicted molar refractivity (Wildman–Crippen MR) is 129 cm³/mol. The SMILES string of the molecule is C=C/C=C\c1nc(-c2n[nH]c3ccc(-c4cncc(NC(=O)CC(C)C)c4)cc23)[nH]c1C. The molecule has 3 N–H and O–H groups in total. The van der Waals surface area contributed by atoms with E-state index in [1.807, 2.05) is 51.1 Å². The van der Waals surface area contributed by atoms with Crippen molar-refractivity contribution in [3.8, 4) is 22.6 Å². The van der Waals surface area contributed by atoms with Crippen LogP contribution >= 0.6 is 0 Å². The lowest BCUT2D eigenvalue weighted by molar-refractivity contribution is -0.116. The van der Waals surface area contributed by atoms with Crippen LogP contribution in [0.3, 0.4) is 0 Å². The summed E-state index contributed by atoms with van der Waals surface area (Å²) in [5.41, 5.74) is 6.03. The van der Waals surface area contributed by atoms with E-state index >= 15 is 0 Å². The Hall–Kier alpha value is -4.00. The van der Waals surface area contributed by atoms with Gasteiger partial charge in [0.1, 0.15) is 5.69 Å². The number of carbonyl (C=O) groups excluding carboxylic acids is 1. The van der Waals surface area contributed by atoms with Gasteiger partial charge < -0.3 is 10.3 Å². The lowest BCUT2D eigenvalue weighted by Gasteiger charge is -2.09. The Labute approximate surface area is 186 Å². The Morgan fingerprint density at radius 1 is 1.22 bits per heavy atom. The maximum atomic E-state index is 12.1. The molecule has 4 aromatic rings. The molecule has 32 heavy (non-hydrogen) atoms. The maximum Gasteiger partial charge on any atom is 0.224 e. The third-order valence-electron chi connectivity index (χ3n) is 5.05. The molecule has 0 fully saturated rings. The number of hydrogen-bond donors (Lipinski definition) is 3. The highest BCUT2D eigenvalue weighted by molar-refractivity contribution is 5.95. The number of anilines is 1. The molecule has 0 aliphatic carbocycles. The molecule has 3 aromatic heterocycles. The van der Waals surface area contributed by atoms with Crippen LogP contribution in [0.4, 0.5) is 5.69 Å². The van der Waals surface area contributed by atoms with Crippen molar-refractivity contribution < 1.29 is 4.79 Å². The topological polar surface area (TPSA) is 99.3 Å². The Balaban J connectivity index is 1.68. The molecule has 0 atom stereocenters. The minimum atomic E-state index is -0.0129. The summed E-state index contributed by atoms with van der Waals surface area (Å²) in [4.78, 5) is 24.4. The zero-order valence-electron chi connectivity index (χ0n) is 18.4. The lowest BCUT2D eigenvalue weighted by Crippen LogP contribution is -2.13. The second-order valence-electron chi connectivity index (χ2n) is 8.13. The monoisotopic (exact) mass is 426 g/mol. The predicted octanol–water partition coefficient (Wildman–Crippen LogP) is 5.51. The van der Waals surface area contributed by atoms with Gasteiger partial charge in [0, 0.05) is 29.3 Å². The smallest absolute Gasteiger partial charge is 0.224 e.